The van der Waals surface area contributed by atoms with E-state index in [0.717, 1.165) is 17.0 Å². The van der Waals surface area contributed by atoms with Crippen LogP contribution in [-0.4, -0.2) is 24.1 Å². The molecule has 0 aromatic carbocycles. The quantitative estimate of drug-likeness (QED) is 0.565. The topological polar surface area (TPSA) is 31.2 Å². The molecule has 0 aliphatic carbocycles. The van der Waals surface area contributed by atoms with Crippen molar-refractivity contribution in [3.63, 3.8) is 0 Å². The molecular formula is C13H19NO2. The summed E-state index contributed by atoms with van der Waals surface area (Å²) in [6.45, 7) is 10.2. The molecule has 3 heteroatoms. The largest absolute Gasteiger partial charge is 0.383 e. The molecule has 0 saturated carbocycles. The Labute approximate surface area is 96.7 Å². The first-order valence-electron chi connectivity index (χ1n) is 5.37. The maximum Gasteiger partial charge on any atom is 0.187 e. The first kappa shape index (κ1) is 12.7. The van der Waals surface area contributed by atoms with Gasteiger partial charge in [0.15, 0.2) is 5.78 Å². The zero-order chi connectivity index (χ0) is 12.3. The van der Waals surface area contributed by atoms with Crippen LogP contribution in [0.2, 0.25) is 0 Å². The Morgan fingerprint density at radius 1 is 1.62 bits per heavy atom. The molecule has 16 heavy (non-hydrogen) atoms. The molecule has 1 aromatic rings. The number of ketones is 1. The van der Waals surface area contributed by atoms with Gasteiger partial charge in [0, 0.05) is 24.1 Å². The fraction of sp³-hybridized carbons (Fsp3) is 0.462. The molecule has 1 atom stereocenters. The highest BCUT2D eigenvalue weighted by Gasteiger charge is 2.16. The lowest BCUT2D eigenvalue weighted by Gasteiger charge is -2.17. The van der Waals surface area contributed by atoms with Crippen molar-refractivity contribution < 1.29 is 9.53 Å². The Hall–Kier alpha value is -1.35. The molecule has 1 aromatic heterocycles. The van der Waals surface area contributed by atoms with Crippen molar-refractivity contribution in [1.82, 2.24) is 4.57 Å². The summed E-state index contributed by atoms with van der Waals surface area (Å²) in [6.07, 6.45) is 1.35. The van der Waals surface area contributed by atoms with Gasteiger partial charge in [-0.1, -0.05) is 6.58 Å². The van der Waals surface area contributed by atoms with Crippen molar-refractivity contribution in [1.29, 1.82) is 0 Å². The highest BCUT2D eigenvalue weighted by Crippen LogP contribution is 2.21. The lowest BCUT2D eigenvalue weighted by molar-refractivity contribution is 0.104. The molecule has 1 rings (SSSR count). The summed E-state index contributed by atoms with van der Waals surface area (Å²) in [5, 5.41) is 0. The molecule has 0 amide bonds. The van der Waals surface area contributed by atoms with Gasteiger partial charge < -0.3 is 9.30 Å². The second-order valence-electron chi connectivity index (χ2n) is 4.03. The van der Waals surface area contributed by atoms with Crippen molar-refractivity contribution >= 4 is 5.78 Å². The number of methoxy groups -OCH3 is 1. The van der Waals surface area contributed by atoms with Crippen LogP contribution in [0, 0.1) is 13.8 Å². The van der Waals surface area contributed by atoms with Crippen LogP contribution < -0.4 is 0 Å². The van der Waals surface area contributed by atoms with Gasteiger partial charge in [-0.05, 0) is 32.9 Å². The van der Waals surface area contributed by atoms with E-state index in [1.165, 1.54) is 6.08 Å². The Balaban J connectivity index is 3.16. The van der Waals surface area contributed by atoms with E-state index in [-0.39, 0.29) is 11.8 Å². The van der Waals surface area contributed by atoms with Crippen molar-refractivity contribution in [2.24, 2.45) is 0 Å². The Kier molecular flexibility index (Phi) is 4.07. The lowest BCUT2D eigenvalue weighted by Crippen LogP contribution is -2.14. The molecule has 0 fully saturated rings. The number of rotatable bonds is 5. The number of hydrogen-bond donors (Lipinski definition) is 0. The minimum absolute atomic E-state index is 0.0241. The molecule has 0 aliphatic heterocycles. The van der Waals surface area contributed by atoms with E-state index in [4.69, 9.17) is 4.74 Å². The number of carbonyl (C=O) groups is 1. The Morgan fingerprint density at radius 3 is 2.75 bits per heavy atom. The van der Waals surface area contributed by atoms with Crippen molar-refractivity contribution in [3.8, 4) is 0 Å². The maximum absolute atomic E-state index is 11.6. The van der Waals surface area contributed by atoms with Gasteiger partial charge in [-0.2, -0.15) is 0 Å². The summed E-state index contributed by atoms with van der Waals surface area (Å²) in [5.41, 5.74) is 2.79. The molecule has 0 N–H and O–H groups in total. The van der Waals surface area contributed by atoms with Gasteiger partial charge in [-0.25, -0.2) is 0 Å². The number of aryl methyl sites for hydroxylation is 1. The second-order valence-corrected chi connectivity index (χ2v) is 4.03. The van der Waals surface area contributed by atoms with Gasteiger partial charge in [0.1, 0.15) is 0 Å². The van der Waals surface area contributed by atoms with Crippen LogP contribution in [0.15, 0.2) is 18.7 Å². The van der Waals surface area contributed by atoms with E-state index in [9.17, 15) is 4.79 Å². The fourth-order valence-corrected chi connectivity index (χ4v) is 2.13. The summed E-state index contributed by atoms with van der Waals surface area (Å²) in [7, 11) is 1.68. The number of hydrogen-bond acceptors (Lipinski definition) is 2. The smallest absolute Gasteiger partial charge is 0.187 e. The molecule has 0 saturated heterocycles. The first-order chi connectivity index (χ1) is 7.52. The van der Waals surface area contributed by atoms with E-state index >= 15 is 0 Å². The van der Waals surface area contributed by atoms with Gasteiger partial charge in [0.2, 0.25) is 0 Å². The summed E-state index contributed by atoms with van der Waals surface area (Å²) in [5.74, 6) is -0.0241. The highest BCUT2D eigenvalue weighted by atomic mass is 16.5. The first-order valence-corrected chi connectivity index (χ1v) is 5.37. The molecule has 0 bridgehead atoms. The molecular weight excluding hydrogens is 202 g/mol. The number of ether oxygens (including phenoxy) is 1. The molecule has 1 heterocycles. The monoisotopic (exact) mass is 221 g/mol. The number of nitrogens with zero attached hydrogens (tertiary/aromatic N) is 1. The standard InChI is InChI=1S/C13H19NO2/c1-6-13(15)12-7-9(2)14(11(12)4)10(3)8-16-5/h6-7,10H,1,8H2,2-5H3. The zero-order valence-corrected chi connectivity index (χ0v) is 10.4. The molecule has 3 nitrogen and oxygen atoms in total. The SMILES string of the molecule is C=CC(=O)c1cc(C)n(C(C)COC)c1C. The van der Waals surface area contributed by atoms with Crippen molar-refractivity contribution in [2.75, 3.05) is 13.7 Å². The fourth-order valence-electron chi connectivity index (χ4n) is 2.13. The van der Waals surface area contributed by atoms with Gasteiger partial charge >= 0.3 is 0 Å². The Morgan fingerprint density at radius 2 is 2.25 bits per heavy atom. The molecule has 0 aliphatic rings. The van der Waals surface area contributed by atoms with Gasteiger partial charge in [-0.3, -0.25) is 4.79 Å². The minimum Gasteiger partial charge on any atom is -0.383 e. The summed E-state index contributed by atoms with van der Waals surface area (Å²) in [6, 6.07) is 2.14. The van der Waals surface area contributed by atoms with Crippen LogP contribution in [0.25, 0.3) is 0 Å². The normalized spacial score (nSPS) is 12.5. The van der Waals surface area contributed by atoms with Crippen LogP contribution >= 0.6 is 0 Å². The number of allylic oxidation sites excluding steroid dienone is 1. The Bertz CT molecular complexity index is 404. The minimum atomic E-state index is -0.0241. The van der Waals surface area contributed by atoms with Crippen LogP contribution in [-0.2, 0) is 4.74 Å². The number of aromatic nitrogens is 1. The van der Waals surface area contributed by atoms with Gasteiger partial charge in [-0.15, -0.1) is 0 Å². The van der Waals surface area contributed by atoms with Crippen molar-refractivity contribution in [3.05, 3.63) is 35.7 Å². The molecule has 88 valence electrons. The second kappa shape index (κ2) is 5.12. The third-order valence-corrected chi connectivity index (χ3v) is 2.78. The van der Waals surface area contributed by atoms with Gasteiger partial charge in [0.25, 0.3) is 0 Å². The predicted molar refractivity (Wildman–Crippen MR) is 65.0 cm³/mol. The van der Waals surface area contributed by atoms with Gasteiger partial charge in [0.05, 0.1) is 12.6 Å². The van der Waals surface area contributed by atoms with Crippen LogP contribution in [0.3, 0.4) is 0 Å². The van der Waals surface area contributed by atoms with Crippen LogP contribution in [0.5, 0.6) is 0 Å². The molecule has 0 radical (unpaired) electrons. The summed E-state index contributed by atoms with van der Waals surface area (Å²) in [4.78, 5) is 11.6. The highest BCUT2D eigenvalue weighted by molar-refractivity contribution is 6.05. The molecule has 1 unspecified atom stereocenters. The van der Waals surface area contributed by atoms with E-state index in [0.29, 0.717) is 6.61 Å². The zero-order valence-electron chi connectivity index (χ0n) is 10.4. The average Bonchev–Trinajstić information content (AvgIpc) is 2.53. The van der Waals surface area contributed by atoms with Crippen molar-refractivity contribution in [2.45, 2.75) is 26.8 Å². The third kappa shape index (κ3) is 2.25. The predicted octanol–water partition coefficient (Wildman–Crippen LogP) is 2.68. The maximum atomic E-state index is 11.6. The molecule has 0 spiro atoms. The summed E-state index contributed by atoms with van der Waals surface area (Å²) >= 11 is 0. The van der Waals surface area contributed by atoms with Crippen LogP contribution in [0.1, 0.15) is 34.7 Å². The average molecular weight is 221 g/mol. The number of carbonyl (C=O) groups excluding carboxylic acids is 1. The van der Waals surface area contributed by atoms with E-state index in [2.05, 4.69) is 18.1 Å². The van der Waals surface area contributed by atoms with E-state index < -0.39 is 0 Å². The lowest BCUT2D eigenvalue weighted by atomic mass is 10.1. The van der Waals surface area contributed by atoms with Crippen LogP contribution in [0.4, 0.5) is 0 Å². The van der Waals surface area contributed by atoms with E-state index in [1.54, 1.807) is 7.11 Å². The summed E-state index contributed by atoms with van der Waals surface area (Å²) < 4.78 is 7.26. The van der Waals surface area contributed by atoms with E-state index in [1.807, 2.05) is 19.9 Å². The third-order valence-electron chi connectivity index (χ3n) is 2.78.